The molecule has 164 valence electrons. The molecule has 0 aliphatic carbocycles. The first-order valence-electron chi connectivity index (χ1n) is 10.0. The van der Waals surface area contributed by atoms with Gasteiger partial charge in [0.25, 0.3) is 0 Å². The van der Waals surface area contributed by atoms with E-state index in [9.17, 15) is 8.42 Å². The van der Waals surface area contributed by atoms with Crippen molar-refractivity contribution >= 4 is 38.7 Å². The molecule has 0 saturated heterocycles. The number of hydrogen-bond acceptors (Lipinski definition) is 7. The van der Waals surface area contributed by atoms with Gasteiger partial charge in [-0.25, -0.2) is 23.4 Å². The quantitative estimate of drug-likeness (QED) is 0.388. The zero-order valence-electron chi connectivity index (χ0n) is 17.7. The number of benzene rings is 1. The van der Waals surface area contributed by atoms with Crippen LogP contribution >= 0.6 is 11.3 Å². The average Bonchev–Trinajstić information content (AvgIpc) is 3.22. The third-order valence-electron chi connectivity index (χ3n) is 4.61. The Bertz CT molecular complexity index is 1320. The van der Waals surface area contributed by atoms with Gasteiger partial charge < -0.3 is 5.32 Å². The number of pyridine rings is 2. The van der Waals surface area contributed by atoms with Gasteiger partial charge in [0.15, 0.2) is 0 Å². The molecule has 4 aromatic rings. The first kappa shape index (κ1) is 21.9. The number of sulfonamides is 1. The van der Waals surface area contributed by atoms with Gasteiger partial charge in [0.2, 0.25) is 10.0 Å². The summed E-state index contributed by atoms with van der Waals surface area (Å²) in [4.78, 5) is 14.6. The SMILES string of the molecule is Cc1ccnc(Nc2cccc(-c3cnc(CCc4ccc(NS(C)(=O)=O)cc4)s3)n2)c1. The Morgan fingerprint density at radius 2 is 1.78 bits per heavy atom. The minimum absolute atomic E-state index is 0.563. The lowest BCUT2D eigenvalue weighted by atomic mass is 10.1. The molecule has 7 nitrogen and oxygen atoms in total. The van der Waals surface area contributed by atoms with Crippen molar-refractivity contribution in [2.75, 3.05) is 16.3 Å². The van der Waals surface area contributed by atoms with Crippen molar-refractivity contribution in [3.63, 3.8) is 0 Å². The Kier molecular flexibility index (Phi) is 6.48. The van der Waals surface area contributed by atoms with Gasteiger partial charge in [-0.1, -0.05) is 18.2 Å². The lowest BCUT2D eigenvalue weighted by Crippen LogP contribution is -2.09. The van der Waals surface area contributed by atoms with E-state index in [2.05, 4.69) is 20.0 Å². The first-order valence-corrected chi connectivity index (χ1v) is 12.7. The Balaban J connectivity index is 1.39. The molecular weight excluding hydrogens is 442 g/mol. The topological polar surface area (TPSA) is 96.9 Å². The van der Waals surface area contributed by atoms with Gasteiger partial charge in [-0.3, -0.25) is 4.72 Å². The number of nitrogens with zero attached hydrogens (tertiary/aromatic N) is 3. The van der Waals surface area contributed by atoms with Gasteiger partial charge in [0, 0.05) is 24.5 Å². The summed E-state index contributed by atoms with van der Waals surface area (Å²) in [5, 5.41) is 4.27. The van der Waals surface area contributed by atoms with Gasteiger partial charge in [-0.15, -0.1) is 11.3 Å². The highest BCUT2D eigenvalue weighted by Crippen LogP contribution is 2.27. The third kappa shape index (κ3) is 6.12. The van der Waals surface area contributed by atoms with Crippen LogP contribution in [0.2, 0.25) is 0 Å². The fourth-order valence-electron chi connectivity index (χ4n) is 3.13. The molecule has 0 fully saturated rings. The van der Waals surface area contributed by atoms with Crippen molar-refractivity contribution in [1.29, 1.82) is 0 Å². The first-order chi connectivity index (χ1) is 15.3. The number of rotatable bonds is 8. The third-order valence-corrected chi connectivity index (χ3v) is 6.30. The summed E-state index contributed by atoms with van der Waals surface area (Å²) in [5.74, 6) is 1.50. The maximum absolute atomic E-state index is 11.3. The van der Waals surface area contributed by atoms with Crippen LogP contribution in [0, 0.1) is 6.92 Å². The van der Waals surface area contributed by atoms with Crippen molar-refractivity contribution in [2.24, 2.45) is 0 Å². The van der Waals surface area contributed by atoms with Gasteiger partial charge in [-0.2, -0.15) is 0 Å². The molecule has 0 atom stereocenters. The van der Waals surface area contributed by atoms with E-state index in [0.29, 0.717) is 5.69 Å². The number of thiazole rings is 1. The predicted octanol–water partition coefficient (Wildman–Crippen LogP) is 4.81. The second-order valence-corrected chi connectivity index (χ2v) is 10.3. The van der Waals surface area contributed by atoms with Crippen LogP contribution in [-0.4, -0.2) is 29.6 Å². The number of aromatic nitrogens is 3. The lowest BCUT2D eigenvalue weighted by Gasteiger charge is -2.06. The molecule has 0 bridgehead atoms. The van der Waals surface area contributed by atoms with Crippen molar-refractivity contribution in [1.82, 2.24) is 15.0 Å². The van der Waals surface area contributed by atoms with Crippen LogP contribution in [0.4, 0.5) is 17.3 Å². The Morgan fingerprint density at radius 3 is 2.53 bits per heavy atom. The Morgan fingerprint density at radius 1 is 0.969 bits per heavy atom. The van der Waals surface area contributed by atoms with Crippen LogP contribution in [0.1, 0.15) is 16.1 Å². The van der Waals surface area contributed by atoms with Crippen LogP contribution in [0.5, 0.6) is 0 Å². The van der Waals surface area contributed by atoms with Gasteiger partial charge in [-0.05, 0) is 60.9 Å². The van der Waals surface area contributed by atoms with Gasteiger partial charge >= 0.3 is 0 Å². The minimum Gasteiger partial charge on any atom is -0.325 e. The second kappa shape index (κ2) is 9.46. The van der Waals surface area contributed by atoms with Crippen LogP contribution in [0.15, 0.2) is 67.0 Å². The summed E-state index contributed by atoms with van der Waals surface area (Å²) in [6, 6.07) is 17.2. The van der Waals surface area contributed by atoms with E-state index >= 15 is 0 Å². The van der Waals surface area contributed by atoms with Crippen LogP contribution < -0.4 is 10.0 Å². The number of aryl methyl sites for hydroxylation is 3. The number of nitrogens with one attached hydrogen (secondary N) is 2. The van der Waals surface area contributed by atoms with E-state index in [1.54, 1.807) is 29.7 Å². The molecule has 2 N–H and O–H groups in total. The maximum atomic E-state index is 11.3. The average molecular weight is 466 g/mol. The van der Waals surface area contributed by atoms with Crippen LogP contribution in [0.25, 0.3) is 10.6 Å². The summed E-state index contributed by atoms with van der Waals surface area (Å²) >= 11 is 1.63. The molecule has 0 radical (unpaired) electrons. The molecular formula is C23H23N5O2S2. The van der Waals surface area contributed by atoms with E-state index in [1.165, 1.54) is 0 Å². The summed E-state index contributed by atoms with van der Waals surface area (Å²) in [6.07, 6.45) is 6.39. The maximum Gasteiger partial charge on any atom is 0.229 e. The molecule has 32 heavy (non-hydrogen) atoms. The molecule has 3 aromatic heterocycles. The number of anilines is 3. The highest BCUT2D eigenvalue weighted by molar-refractivity contribution is 7.92. The zero-order valence-corrected chi connectivity index (χ0v) is 19.4. The lowest BCUT2D eigenvalue weighted by molar-refractivity contribution is 0.607. The molecule has 4 rings (SSSR count). The minimum atomic E-state index is -3.26. The zero-order chi connectivity index (χ0) is 22.6. The Labute approximate surface area is 191 Å². The molecule has 1 aromatic carbocycles. The molecule has 3 heterocycles. The van der Waals surface area contributed by atoms with E-state index < -0.39 is 10.0 Å². The standard InChI is InChI=1S/C23H23N5O2S2/c1-16-12-13-24-22(14-16)27-21-5-3-4-19(26-21)20-15-25-23(31-20)11-8-17-6-9-18(10-7-17)28-32(2,29)30/h3-7,9-10,12-15,28H,8,11H2,1-2H3,(H,24,26,27). The summed E-state index contributed by atoms with van der Waals surface area (Å²) in [7, 11) is -3.26. The molecule has 0 amide bonds. The molecule has 0 saturated carbocycles. The largest absolute Gasteiger partial charge is 0.325 e. The predicted molar refractivity (Wildman–Crippen MR) is 130 cm³/mol. The second-order valence-electron chi connectivity index (χ2n) is 7.44. The normalized spacial score (nSPS) is 11.3. The number of hydrogen-bond donors (Lipinski definition) is 2. The molecule has 0 aliphatic heterocycles. The van der Waals surface area contributed by atoms with Crippen LogP contribution in [-0.2, 0) is 22.9 Å². The summed E-state index contributed by atoms with van der Waals surface area (Å²) in [6.45, 7) is 2.02. The van der Waals surface area contributed by atoms with Crippen molar-refractivity contribution < 1.29 is 8.42 Å². The smallest absolute Gasteiger partial charge is 0.229 e. The summed E-state index contributed by atoms with van der Waals surface area (Å²) in [5.41, 5.74) is 3.68. The van der Waals surface area contributed by atoms with Gasteiger partial charge in [0.05, 0.1) is 21.8 Å². The van der Waals surface area contributed by atoms with Gasteiger partial charge in [0.1, 0.15) is 11.6 Å². The molecule has 9 heteroatoms. The van der Waals surface area contributed by atoms with E-state index in [4.69, 9.17) is 4.98 Å². The Hall–Kier alpha value is -3.30. The van der Waals surface area contributed by atoms with E-state index in [-0.39, 0.29) is 0 Å². The van der Waals surface area contributed by atoms with E-state index in [0.717, 1.165) is 57.4 Å². The molecule has 0 aliphatic rings. The van der Waals surface area contributed by atoms with E-state index in [1.807, 2.05) is 55.6 Å². The highest BCUT2D eigenvalue weighted by Gasteiger charge is 2.08. The van der Waals surface area contributed by atoms with Crippen molar-refractivity contribution in [2.45, 2.75) is 19.8 Å². The van der Waals surface area contributed by atoms with Crippen LogP contribution in [0.3, 0.4) is 0 Å². The monoisotopic (exact) mass is 465 g/mol. The highest BCUT2D eigenvalue weighted by atomic mass is 32.2. The molecule has 0 spiro atoms. The van der Waals surface area contributed by atoms with Crippen molar-refractivity contribution in [3.8, 4) is 10.6 Å². The summed E-state index contributed by atoms with van der Waals surface area (Å²) < 4.78 is 25.1. The van der Waals surface area contributed by atoms with Crippen molar-refractivity contribution in [3.05, 3.63) is 83.1 Å². The molecule has 0 unspecified atom stereocenters. The fourth-order valence-corrected chi connectivity index (χ4v) is 4.58. The fraction of sp³-hybridized carbons (Fsp3) is 0.174.